The van der Waals surface area contributed by atoms with Crippen LogP contribution in [-0.2, 0) is 0 Å². The molecule has 5 nitrogen and oxygen atoms in total. The summed E-state index contributed by atoms with van der Waals surface area (Å²) in [5.41, 5.74) is 1.29. The number of hydrogen-bond donors (Lipinski definition) is 2. The van der Waals surface area contributed by atoms with Crippen LogP contribution in [0.3, 0.4) is 0 Å². The van der Waals surface area contributed by atoms with Crippen LogP contribution in [0.2, 0.25) is 0 Å². The normalized spacial score (nSPS) is 17.3. The Hall–Kier alpha value is -1.75. The van der Waals surface area contributed by atoms with E-state index in [1.165, 1.54) is 18.4 Å². The van der Waals surface area contributed by atoms with Crippen LogP contribution in [0.15, 0.2) is 29.3 Å². The summed E-state index contributed by atoms with van der Waals surface area (Å²) in [5.74, 6) is 1.77. The summed E-state index contributed by atoms with van der Waals surface area (Å²) in [6.45, 7) is 6.10. The minimum atomic E-state index is 0.341. The van der Waals surface area contributed by atoms with Crippen LogP contribution in [0.25, 0.3) is 0 Å². The fourth-order valence-electron chi connectivity index (χ4n) is 2.94. The third kappa shape index (κ3) is 4.37. The Balaban J connectivity index is 2.11. The fourth-order valence-corrected chi connectivity index (χ4v) is 2.94. The summed E-state index contributed by atoms with van der Waals surface area (Å²) in [5, 5.41) is 6.69. The van der Waals surface area contributed by atoms with Gasteiger partial charge >= 0.3 is 0 Å². The molecule has 1 aliphatic rings. The Morgan fingerprint density at radius 3 is 2.73 bits per heavy atom. The molecule has 1 unspecified atom stereocenters. The molecule has 2 N–H and O–H groups in total. The van der Waals surface area contributed by atoms with Crippen molar-refractivity contribution in [2.75, 3.05) is 40.3 Å². The topological polar surface area (TPSA) is 48.9 Å². The Labute approximate surface area is 133 Å². The van der Waals surface area contributed by atoms with Crippen LogP contribution >= 0.6 is 0 Å². The minimum Gasteiger partial charge on any atom is -0.497 e. The highest BCUT2D eigenvalue weighted by Crippen LogP contribution is 2.27. The van der Waals surface area contributed by atoms with Crippen molar-refractivity contribution in [3.05, 3.63) is 29.8 Å². The molecular weight excluding hydrogens is 276 g/mol. The summed E-state index contributed by atoms with van der Waals surface area (Å²) < 4.78 is 5.38. The van der Waals surface area contributed by atoms with Gasteiger partial charge in [0, 0.05) is 20.1 Å². The number of methoxy groups -OCH3 is 1. The second-order valence-corrected chi connectivity index (χ2v) is 5.52. The average Bonchev–Trinajstić information content (AvgIpc) is 3.08. The van der Waals surface area contributed by atoms with Gasteiger partial charge in [0.1, 0.15) is 5.75 Å². The van der Waals surface area contributed by atoms with E-state index in [-0.39, 0.29) is 0 Å². The molecule has 22 heavy (non-hydrogen) atoms. The first-order chi connectivity index (χ1) is 10.8. The van der Waals surface area contributed by atoms with E-state index in [0.29, 0.717) is 6.04 Å². The summed E-state index contributed by atoms with van der Waals surface area (Å²) in [4.78, 5) is 6.80. The number of likely N-dealkylation sites (tertiary alicyclic amines) is 1. The van der Waals surface area contributed by atoms with E-state index in [0.717, 1.165) is 37.9 Å². The van der Waals surface area contributed by atoms with Gasteiger partial charge in [-0.1, -0.05) is 12.1 Å². The van der Waals surface area contributed by atoms with Gasteiger partial charge in [-0.25, -0.2) is 0 Å². The Morgan fingerprint density at radius 1 is 1.32 bits per heavy atom. The molecular formula is C17H28N4O. The van der Waals surface area contributed by atoms with Gasteiger partial charge in [0.05, 0.1) is 13.2 Å². The summed E-state index contributed by atoms with van der Waals surface area (Å²) >= 11 is 0. The van der Waals surface area contributed by atoms with Gasteiger partial charge in [-0.3, -0.25) is 9.89 Å². The summed E-state index contributed by atoms with van der Waals surface area (Å²) in [6.07, 6.45) is 2.56. The molecule has 0 bridgehead atoms. The van der Waals surface area contributed by atoms with Crippen LogP contribution in [0.4, 0.5) is 0 Å². The molecule has 1 aromatic rings. The van der Waals surface area contributed by atoms with Gasteiger partial charge < -0.3 is 15.4 Å². The Kier molecular flexibility index (Phi) is 6.52. The lowest BCUT2D eigenvalue weighted by Gasteiger charge is -2.29. The SMILES string of the molecule is CCNC(=NC)NCC(c1cccc(OC)c1)N1CCCC1. The van der Waals surface area contributed by atoms with E-state index in [9.17, 15) is 0 Å². The molecule has 5 heteroatoms. The third-order valence-electron chi connectivity index (χ3n) is 4.09. The zero-order valence-electron chi connectivity index (χ0n) is 13.9. The molecule has 122 valence electrons. The molecule has 0 amide bonds. The van der Waals surface area contributed by atoms with Crippen molar-refractivity contribution in [1.82, 2.24) is 15.5 Å². The van der Waals surface area contributed by atoms with Crippen molar-refractivity contribution < 1.29 is 4.74 Å². The molecule has 1 saturated heterocycles. The van der Waals surface area contributed by atoms with Crippen molar-refractivity contribution in [1.29, 1.82) is 0 Å². The lowest BCUT2D eigenvalue weighted by atomic mass is 10.1. The molecule has 0 saturated carbocycles. The number of nitrogens with zero attached hydrogens (tertiary/aromatic N) is 2. The van der Waals surface area contributed by atoms with Crippen LogP contribution in [0.5, 0.6) is 5.75 Å². The first-order valence-electron chi connectivity index (χ1n) is 8.11. The molecule has 0 radical (unpaired) electrons. The van der Waals surface area contributed by atoms with Crippen molar-refractivity contribution in [2.24, 2.45) is 4.99 Å². The van der Waals surface area contributed by atoms with E-state index >= 15 is 0 Å². The largest absolute Gasteiger partial charge is 0.497 e. The highest BCUT2D eigenvalue weighted by molar-refractivity contribution is 5.79. The van der Waals surface area contributed by atoms with Gasteiger partial charge in [-0.15, -0.1) is 0 Å². The number of aliphatic imine (C=N–C) groups is 1. The minimum absolute atomic E-state index is 0.341. The van der Waals surface area contributed by atoms with Crippen molar-refractivity contribution in [2.45, 2.75) is 25.8 Å². The number of guanidine groups is 1. The van der Waals surface area contributed by atoms with Crippen molar-refractivity contribution >= 4 is 5.96 Å². The summed E-state index contributed by atoms with van der Waals surface area (Å²) in [6, 6.07) is 8.73. The van der Waals surface area contributed by atoms with E-state index in [1.54, 1.807) is 14.2 Å². The first-order valence-corrected chi connectivity index (χ1v) is 8.11. The van der Waals surface area contributed by atoms with E-state index < -0.39 is 0 Å². The first kappa shape index (κ1) is 16.6. The smallest absolute Gasteiger partial charge is 0.191 e. The highest BCUT2D eigenvalue weighted by Gasteiger charge is 2.23. The average molecular weight is 304 g/mol. The van der Waals surface area contributed by atoms with Gasteiger partial charge in [0.25, 0.3) is 0 Å². The second kappa shape index (κ2) is 8.63. The number of hydrogen-bond acceptors (Lipinski definition) is 3. The van der Waals surface area contributed by atoms with Crippen molar-refractivity contribution in [3.8, 4) is 5.75 Å². The quantitative estimate of drug-likeness (QED) is 0.623. The monoisotopic (exact) mass is 304 g/mol. The number of rotatable bonds is 6. The fraction of sp³-hybridized carbons (Fsp3) is 0.588. The lowest BCUT2D eigenvalue weighted by Crippen LogP contribution is -2.42. The molecule has 1 aliphatic heterocycles. The predicted molar refractivity (Wildman–Crippen MR) is 91.6 cm³/mol. The van der Waals surface area contributed by atoms with Crippen molar-refractivity contribution in [3.63, 3.8) is 0 Å². The maximum Gasteiger partial charge on any atom is 0.191 e. The van der Waals surface area contributed by atoms with E-state index in [2.05, 4.69) is 45.6 Å². The molecule has 2 rings (SSSR count). The predicted octanol–water partition coefficient (Wildman–Crippen LogP) is 2.02. The third-order valence-corrected chi connectivity index (χ3v) is 4.09. The van der Waals surface area contributed by atoms with E-state index in [1.807, 2.05) is 6.07 Å². The molecule has 0 spiro atoms. The lowest BCUT2D eigenvalue weighted by molar-refractivity contribution is 0.245. The highest BCUT2D eigenvalue weighted by atomic mass is 16.5. The zero-order chi connectivity index (χ0) is 15.8. The van der Waals surface area contributed by atoms with Crippen LogP contribution in [0.1, 0.15) is 31.4 Å². The standard InChI is InChI=1S/C17H28N4O/c1-4-19-17(18-2)20-13-16(21-10-5-6-11-21)14-8-7-9-15(12-14)22-3/h7-9,12,16H,4-6,10-11,13H2,1-3H3,(H2,18,19,20). The number of nitrogens with one attached hydrogen (secondary N) is 2. The number of benzene rings is 1. The maximum absolute atomic E-state index is 5.38. The Morgan fingerprint density at radius 2 is 2.09 bits per heavy atom. The summed E-state index contributed by atoms with van der Waals surface area (Å²) in [7, 11) is 3.52. The van der Waals surface area contributed by atoms with Crippen LogP contribution in [-0.4, -0.2) is 51.2 Å². The van der Waals surface area contributed by atoms with Gasteiger partial charge in [-0.05, 0) is 50.6 Å². The second-order valence-electron chi connectivity index (χ2n) is 5.52. The molecule has 1 aromatic carbocycles. The molecule has 1 fully saturated rings. The van der Waals surface area contributed by atoms with Gasteiger partial charge in [-0.2, -0.15) is 0 Å². The zero-order valence-corrected chi connectivity index (χ0v) is 13.9. The Bertz CT molecular complexity index is 483. The van der Waals surface area contributed by atoms with Crippen LogP contribution < -0.4 is 15.4 Å². The maximum atomic E-state index is 5.38. The molecule has 0 aliphatic carbocycles. The number of ether oxygens (including phenoxy) is 1. The molecule has 1 atom stereocenters. The molecule has 1 heterocycles. The van der Waals surface area contributed by atoms with Crippen LogP contribution in [0, 0.1) is 0 Å². The van der Waals surface area contributed by atoms with E-state index in [4.69, 9.17) is 4.74 Å². The van der Waals surface area contributed by atoms with Gasteiger partial charge in [0.2, 0.25) is 0 Å². The molecule has 0 aromatic heterocycles. The van der Waals surface area contributed by atoms with Gasteiger partial charge in [0.15, 0.2) is 5.96 Å².